The average Bonchev–Trinajstić information content (AvgIpc) is 2.98. The molecule has 0 saturated heterocycles. The van der Waals surface area contributed by atoms with Gasteiger partial charge in [0.1, 0.15) is 17.5 Å². The van der Waals surface area contributed by atoms with Gasteiger partial charge in [0.05, 0.1) is 25.0 Å². The van der Waals surface area contributed by atoms with Gasteiger partial charge in [-0.3, -0.25) is 0 Å². The Morgan fingerprint density at radius 2 is 2.17 bits per heavy atom. The number of carbonyl (C=O) groups is 1. The number of likely N-dealkylation sites (N-methyl/N-ethyl adjacent to an activating group) is 1. The molecule has 0 aliphatic heterocycles. The van der Waals surface area contributed by atoms with Crippen molar-refractivity contribution in [3.8, 4) is 0 Å². The quantitative estimate of drug-likeness (QED) is 0.411. The molecule has 1 atom stereocenters. The lowest BCUT2D eigenvalue weighted by Crippen LogP contribution is -2.26. The number of carbonyl (C=O) groups excluding carboxylic acids is 1. The van der Waals surface area contributed by atoms with Crippen molar-refractivity contribution in [2.24, 2.45) is 0 Å². The fraction of sp³-hybridized carbons (Fsp3) is 0.812. The number of rotatable bonds is 13. The van der Waals surface area contributed by atoms with Crippen LogP contribution in [0.15, 0.2) is 11.2 Å². The molecule has 1 rings (SSSR count). The first-order valence-corrected chi connectivity index (χ1v) is 10.3. The summed E-state index contributed by atoms with van der Waals surface area (Å²) in [7, 11) is 1.49. The van der Waals surface area contributed by atoms with Crippen LogP contribution in [0.3, 0.4) is 0 Å². The Morgan fingerprint density at radius 1 is 1.42 bits per heavy atom. The molecule has 0 saturated carbocycles. The highest BCUT2D eigenvalue weighted by Gasteiger charge is 2.19. The number of Topliss-reactive ketones (excluding diaryl/α,β-unsaturated/α-hetero) is 1. The van der Waals surface area contributed by atoms with E-state index in [1.54, 1.807) is 11.6 Å². The molecular formula is C16H32N4O3S. The number of aromatic nitrogens is 3. The first-order chi connectivity index (χ1) is 11.3. The zero-order valence-electron chi connectivity index (χ0n) is 15.5. The van der Waals surface area contributed by atoms with Crippen LogP contribution in [-0.4, -0.2) is 65.2 Å². The molecule has 0 amide bonds. The highest BCUT2D eigenvalue weighted by Crippen LogP contribution is 2.30. The van der Waals surface area contributed by atoms with Crippen LogP contribution in [0.1, 0.15) is 33.6 Å². The first-order valence-electron chi connectivity index (χ1n) is 8.31. The number of thiol groups is 1. The molecule has 1 N–H and O–H groups in total. The van der Waals surface area contributed by atoms with Gasteiger partial charge in [-0.1, -0.05) is 5.21 Å². The van der Waals surface area contributed by atoms with E-state index in [0.29, 0.717) is 26.4 Å². The lowest BCUT2D eigenvalue weighted by molar-refractivity contribution is -0.118. The maximum Gasteiger partial charge on any atom is 0.141 e. The van der Waals surface area contributed by atoms with Crippen LogP contribution >= 0.6 is 10.9 Å². The van der Waals surface area contributed by atoms with Crippen LogP contribution in [-0.2, 0) is 21.0 Å². The van der Waals surface area contributed by atoms with Crippen molar-refractivity contribution in [3.63, 3.8) is 0 Å². The minimum atomic E-state index is -0.406. The van der Waals surface area contributed by atoms with Crippen LogP contribution in [0.5, 0.6) is 0 Å². The Kier molecular flexibility index (Phi) is 9.50. The van der Waals surface area contributed by atoms with Crippen molar-refractivity contribution in [2.75, 3.05) is 38.8 Å². The summed E-state index contributed by atoms with van der Waals surface area (Å²) in [5.41, 5.74) is -0.263. The van der Waals surface area contributed by atoms with E-state index < -0.39 is 10.9 Å². The first kappa shape index (κ1) is 21.1. The molecular weight excluding hydrogens is 328 g/mol. The van der Waals surface area contributed by atoms with E-state index in [1.807, 2.05) is 27.1 Å². The summed E-state index contributed by atoms with van der Waals surface area (Å²) in [4.78, 5) is 11.1. The van der Waals surface area contributed by atoms with Gasteiger partial charge >= 0.3 is 0 Å². The molecule has 0 spiro atoms. The summed E-state index contributed by atoms with van der Waals surface area (Å²) < 4.78 is 13.1. The number of ketones is 1. The smallest absolute Gasteiger partial charge is 0.141 e. The summed E-state index contributed by atoms with van der Waals surface area (Å²) in [5, 5.41) is 12.4. The van der Waals surface area contributed by atoms with Crippen LogP contribution in [0.4, 0.5) is 0 Å². The third-order valence-electron chi connectivity index (χ3n) is 3.64. The standard InChI is InChI=1S/C16H32N4O3S/c1-14(21)6-7-16(2,3)23-10-11-24(5)15-12-20(19-18-15)13-22-9-8-17-4/h12,17,24H,6-11,13H2,1-5H3. The third kappa shape index (κ3) is 8.77. The molecule has 140 valence electrons. The van der Waals surface area contributed by atoms with E-state index in [9.17, 15) is 4.79 Å². The Balaban J connectivity index is 2.31. The highest BCUT2D eigenvalue weighted by atomic mass is 32.2. The normalized spacial score (nSPS) is 14.0. The van der Waals surface area contributed by atoms with Crippen molar-refractivity contribution in [1.82, 2.24) is 20.3 Å². The zero-order chi connectivity index (χ0) is 18.0. The predicted octanol–water partition coefficient (Wildman–Crippen LogP) is 1.63. The van der Waals surface area contributed by atoms with E-state index >= 15 is 0 Å². The molecule has 0 aromatic carbocycles. The number of hydrogen-bond acceptors (Lipinski definition) is 6. The second-order valence-electron chi connectivity index (χ2n) is 6.49. The Hall–Kier alpha value is -0.960. The SMILES string of the molecule is CNCCOCn1cc([SH](C)CCOC(C)(C)CCC(C)=O)nn1. The fourth-order valence-corrected chi connectivity index (χ4v) is 3.10. The molecule has 7 nitrogen and oxygen atoms in total. The van der Waals surface area contributed by atoms with Crippen molar-refractivity contribution in [2.45, 2.75) is 51.0 Å². The van der Waals surface area contributed by atoms with Gasteiger partial charge in [-0.25, -0.2) is 15.6 Å². The molecule has 0 bridgehead atoms. The van der Waals surface area contributed by atoms with E-state index in [4.69, 9.17) is 9.47 Å². The maximum atomic E-state index is 11.1. The molecule has 1 unspecified atom stereocenters. The Morgan fingerprint density at radius 3 is 2.83 bits per heavy atom. The minimum absolute atomic E-state index is 0.206. The lowest BCUT2D eigenvalue weighted by Gasteiger charge is -2.26. The van der Waals surface area contributed by atoms with E-state index in [1.165, 1.54) is 0 Å². The molecule has 0 aliphatic carbocycles. The van der Waals surface area contributed by atoms with Crippen LogP contribution in [0.25, 0.3) is 0 Å². The maximum absolute atomic E-state index is 11.1. The topological polar surface area (TPSA) is 78.3 Å². The summed E-state index contributed by atoms with van der Waals surface area (Å²) in [6.45, 7) is 8.24. The van der Waals surface area contributed by atoms with Crippen molar-refractivity contribution >= 4 is 16.7 Å². The number of hydrogen-bond donors (Lipinski definition) is 2. The fourth-order valence-electron chi connectivity index (χ4n) is 1.98. The van der Waals surface area contributed by atoms with Crippen molar-refractivity contribution in [3.05, 3.63) is 6.20 Å². The van der Waals surface area contributed by atoms with Gasteiger partial charge in [-0.15, -0.1) is 5.10 Å². The van der Waals surface area contributed by atoms with E-state index in [2.05, 4.69) is 21.9 Å². The van der Waals surface area contributed by atoms with Crippen LogP contribution < -0.4 is 5.32 Å². The molecule has 8 heteroatoms. The summed E-state index contributed by atoms with van der Waals surface area (Å²) in [6, 6.07) is 0. The third-order valence-corrected chi connectivity index (χ3v) is 5.48. The number of ether oxygens (including phenoxy) is 2. The second kappa shape index (κ2) is 10.8. The highest BCUT2D eigenvalue weighted by molar-refractivity contribution is 8.16. The second-order valence-corrected chi connectivity index (χ2v) is 8.79. The van der Waals surface area contributed by atoms with E-state index in [0.717, 1.165) is 23.7 Å². The van der Waals surface area contributed by atoms with Gasteiger partial charge in [0.2, 0.25) is 0 Å². The summed E-state index contributed by atoms with van der Waals surface area (Å²) in [5.74, 6) is 1.14. The zero-order valence-corrected chi connectivity index (χ0v) is 16.4. The van der Waals surface area contributed by atoms with Gasteiger partial charge in [0.15, 0.2) is 0 Å². The Bertz CT molecular complexity index is 493. The van der Waals surface area contributed by atoms with E-state index in [-0.39, 0.29) is 11.4 Å². The summed E-state index contributed by atoms with van der Waals surface area (Å²) in [6.07, 6.45) is 5.45. The molecule has 0 fully saturated rings. The summed E-state index contributed by atoms with van der Waals surface area (Å²) >= 11 is 0. The van der Waals surface area contributed by atoms with Crippen molar-refractivity contribution in [1.29, 1.82) is 0 Å². The predicted molar refractivity (Wildman–Crippen MR) is 97.9 cm³/mol. The monoisotopic (exact) mass is 360 g/mol. The molecule has 0 radical (unpaired) electrons. The lowest BCUT2D eigenvalue weighted by atomic mass is 10.0. The molecule has 0 aliphatic rings. The van der Waals surface area contributed by atoms with Gasteiger partial charge in [-0.05, 0) is 40.5 Å². The minimum Gasteiger partial charge on any atom is -0.375 e. The van der Waals surface area contributed by atoms with Crippen molar-refractivity contribution < 1.29 is 14.3 Å². The van der Waals surface area contributed by atoms with Gasteiger partial charge in [-0.2, -0.15) is 0 Å². The largest absolute Gasteiger partial charge is 0.375 e. The molecule has 1 aromatic heterocycles. The molecule has 1 heterocycles. The van der Waals surface area contributed by atoms with Gasteiger partial charge in [0.25, 0.3) is 0 Å². The number of nitrogens with zero attached hydrogens (tertiary/aromatic N) is 3. The Labute approximate surface area is 147 Å². The average molecular weight is 361 g/mol. The van der Waals surface area contributed by atoms with Crippen LogP contribution in [0, 0.1) is 0 Å². The number of nitrogens with one attached hydrogen (secondary N) is 1. The van der Waals surface area contributed by atoms with Gasteiger partial charge in [0, 0.05) is 18.7 Å². The molecule has 24 heavy (non-hydrogen) atoms. The van der Waals surface area contributed by atoms with Gasteiger partial charge < -0.3 is 19.6 Å². The van der Waals surface area contributed by atoms with Crippen LogP contribution in [0.2, 0.25) is 0 Å². The molecule has 1 aromatic rings.